The van der Waals surface area contributed by atoms with E-state index < -0.39 is 0 Å². The molecule has 1 amide bonds. The van der Waals surface area contributed by atoms with Crippen molar-refractivity contribution in [1.29, 1.82) is 0 Å². The van der Waals surface area contributed by atoms with Crippen LogP contribution in [0.2, 0.25) is 5.15 Å². The first-order valence-electron chi connectivity index (χ1n) is 6.18. The second-order valence-electron chi connectivity index (χ2n) is 3.87. The van der Waals surface area contributed by atoms with E-state index in [2.05, 4.69) is 20.6 Å². The molecule has 1 aromatic rings. The predicted octanol–water partition coefficient (Wildman–Crippen LogP) is 1.26. The number of hydrogen-bond acceptors (Lipinski definition) is 5. The number of aromatic nitrogens is 2. The maximum Gasteiger partial charge on any atom is 0.221 e. The molecule has 106 valence electrons. The number of halogens is 1. The lowest BCUT2D eigenvalue weighted by Crippen LogP contribution is -2.28. The van der Waals surface area contributed by atoms with Gasteiger partial charge in [0, 0.05) is 39.1 Å². The van der Waals surface area contributed by atoms with Gasteiger partial charge in [-0.2, -0.15) is 0 Å². The monoisotopic (exact) mass is 286 g/mol. The van der Waals surface area contributed by atoms with Crippen molar-refractivity contribution < 1.29 is 9.53 Å². The van der Waals surface area contributed by atoms with E-state index in [0.29, 0.717) is 49.3 Å². The van der Waals surface area contributed by atoms with E-state index in [0.717, 1.165) is 0 Å². The lowest BCUT2D eigenvalue weighted by Gasteiger charge is -2.07. The van der Waals surface area contributed by atoms with Crippen LogP contribution in [0.3, 0.4) is 0 Å². The Morgan fingerprint density at radius 3 is 2.89 bits per heavy atom. The molecule has 0 atom stereocenters. The molecule has 0 saturated carbocycles. The lowest BCUT2D eigenvalue weighted by molar-refractivity contribution is -0.121. The minimum absolute atomic E-state index is 0.0274. The molecule has 2 N–H and O–H groups in total. The summed E-state index contributed by atoms with van der Waals surface area (Å²) in [5, 5.41) is 6.20. The number of ether oxygens (including phenoxy) is 1. The molecule has 0 spiro atoms. The van der Waals surface area contributed by atoms with Crippen molar-refractivity contribution in [2.45, 2.75) is 19.8 Å². The zero-order valence-electron chi connectivity index (χ0n) is 11.2. The lowest BCUT2D eigenvalue weighted by atomic mass is 10.4. The first-order chi connectivity index (χ1) is 9.15. The fourth-order valence-electron chi connectivity index (χ4n) is 1.40. The third-order valence-corrected chi connectivity index (χ3v) is 2.54. The molecule has 0 radical (unpaired) electrons. The highest BCUT2D eigenvalue weighted by molar-refractivity contribution is 6.29. The van der Waals surface area contributed by atoms with Crippen molar-refractivity contribution in [1.82, 2.24) is 15.3 Å². The molecule has 0 aliphatic heterocycles. The van der Waals surface area contributed by atoms with Gasteiger partial charge in [0.05, 0.1) is 6.61 Å². The summed E-state index contributed by atoms with van der Waals surface area (Å²) in [7, 11) is 1.60. The Morgan fingerprint density at radius 2 is 2.21 bits per heavy atom. The van der Waals surface area contributed by atoms with Crippen molar-refractivity contribution >= 4 is 23.3 Å². The van der Waals surface area contributed by atoms with Crippen LogP contribution in [0, 0.1) is 0 Å². The van der Waals surface area contributed by atoms with Gasteiger partial charge in [-0.3, -0.25) is 4.79 Å². The number of aryl methyl sites for hydroxylation is 1. The number of methoxy groups -OCH3 is 1. The summed E-state index contributed by atoms with van der Waals surface area (Å²) in [4.78, 5) is 19.8. The van der Waals surface area contributed by atoms with Crippen LogP contribution in [0.1, 0.15) is 19.2 Å². The zero-order chi connectivity index (χ0) is 14.1. The summed E-state index contributed by atoms with van der Waals surface area (Å²) in [6.07, 6.45) is 1.08. The van der Waals surface area contributed by atoms with Crippen LogP contribution in [0.4, 0.5) is 5.82 Å². The second-order valence-corrected chi connectivity index (χ2v) is 4.25. The number of carbonyl (C=O) groups excluding carboxylic acids is 1. The van der Waals surface area contributed by atoms with Gasteiger partial charge in [0.2, 0.25) is 5.91 Å². The van der Waals surface area contributed by atoms with Gasteiger partial charge in [-0.25, -0.2) is 9.97 Å². The molecule has 0 aliphatic carbocycles. The average molecular weight is 287 g/mol. The van der Waals surface area contributed by atoms with Crippen LogP contribution in [0.5, 0.6) is 0 Å². The van der Waals surface area contributed by atoms with E-state index in [1.165, 1.54) is 0 Å². The fraction of sp³-hybridized carbons (Fsp3) is 0.583. The highest BCUT2D eigenvalue weighted by Gasteiger charge is 2.03. The Bertz CT molecular complexity index is 415. The van der Waals surface area contributed by atoms with Gasteiger partial charge in [-0.1, -0.05) is 18.5 Å². The van der Waals surface area contributed by atoms with Gasteiger partial charge in [0.1, 0.15) is 16.8 Å². The molecule has 0 saturated heterocycles. The van der Waals surface area contributed by atoms with E-state index in [1.54, 1.807) is 13.2 Å². The molecular formula is C12H19ClN4O2. The molecule has 6 nitrogen and oxygen atoms in total. The van der Waals surface area contributed by atoms with E-state index >= 15 is 0 Å². The molecule has 19 heavy (non-hydrogen) atoms. The number of carbonyl (C=O) groups is 1. The summed E-state index contributed by atoms with van der Waals surface area (Å²) in [5.41, 5.74) is 0. The molecule has 0 fully saturated rings. The molecule has 7 heteroatoms. The van der Waals surface area contributed by atoms with Gasteiger partial charge < -0.3 is 15.4 Å². The minimum atomic E-state index is -0.0274. The van der Waals surface area contributed by atoms with E-state index in [4.69, 9.17) is 16.3 Å². The maximum absolute atomic E-state index is 11.4. The zero-order valence-corrected chi connectivity index (χ0v) is 12.0. The summed E-state index contributed by atoms with van der Waals surface area (Å²) >= 11 is 5.87. The Kier molecular flexibility index (Phi) is 7.14. The van der Waals surface area contributed by atoms with Crippen LogP contribution in [0.15, 0.2) is 6.07 Å². The molecule has 1 aromatic heterocycles. The molecule has 0 aromatic carbocycles. The summed E-state index contributed by atoms with van der Waals surface area (Å²) in [5.74, 6) is 1.29. The number of amides is 1. The van der Waals surface area contributed by atoms with Crippen LogP contribution in [0.25, 0.3) is 0 Å². The van der Waals surface area contributed by atoms with E-state index in [9.17, 15) is 4.79 Å². The SMILES string of the molecule is CCc1nc(Cl)cc(NCCC(=O)NCCOC)n1. The Hall–Kier alpha value is -1.40. The number of rotatable bonds is 8. The summed E-state index contributed by atoms with van der Waals surface area (Å²) in [6, 6.07) is 1.64. The quantitative estimate of drug-likeness (QED) is 0.556. The Morgan fingerprint density at radius 1 is 1.42 bits per heavy atom. The molecule has 0 unspecified atom stereocenters. The largest absolute Gasteiger partial charge is 0.383 e. The third kappa shape index (κ3) is 6.35. The van der Waals surface area contributed by atoms with Crippen molar-refractivity contribution in [3.8, 4) is 0 Å². The highest BCUT2D eigenvalue weighted by atomic mass is 35.5. The molecular weight excluding hydrogens is 268 g/mol. The normalized spacial score (nSPS) is 10.3. The summed E-state index contributed by atoms with van der Waals surface area (Å²) < 4.78 is 4.84. The van der Waals surface area contributed by atoms with Crippen LogP contribution in [-0.2, 0) is 16.0 Å². The van der Waals surface area contributed by atoms with Gasteiger partial charge in [-0.15, -0.1) is 0 Å². The van der Waals surface area contributed by atoms with Crippen molar-refractivity contribution in [2.75, 3.05) is 32.1 Å². The fourth-order valence-corrected chi connectivity index (χ4v) is 1.60. The van der Waals surface area contributed by atoms with Crippen LogP contribution >= 0.6 is 11.6 Å². The maximum atomic E-state index is 11.4. The molecule has 1 rings (SSSR count). The van der Waals surface area contributed by atoms with E-state index in [-0.39, 0.29) is 5.91 Å². The number of hydrogen-bond donors (Lipinski definition) is 2. The van der Waals surface area contributed by atoms with Crippen molar-refractivity contribution in [2.24, 2.45) is 0 Å². The minimum Gasteiger partial charge on any atom is -0.383 e. The first-order valence-corrected chi connectivity index (χ1v) is 6.56. The molecule has 0 aliphatic rings. The van der Waals surface area contributed by atoms with Crippen LogP contribution in [-0.4, -0.2) is 42.7 Å². The van der Waals surface area contributed by atoms with Crippen LogP contribution < -0.4 is 10.6 Å². The number of nitrogens with one attached hydrogen (secondary N) is 2. The standard InChI is InChI=1S/C12H19ClN4O2/c1-3-10-16-9(13)8-11(17-10)14-5-4-12(18)15-6-7-19-2/h8H,3-7H2,1-2H3,(H,15,18)(H,14,16,17). The highest BCUT2D eigenvalue weighted by Crippen LogP contribution is 2.11. The van der Waals surface area contributed by atoms with Gasteiger partial charge in [0.25, 0.3) is 0 Å². The predicted molar refractivity (Wildman–Crippen MR) is 74.4 cm³/mol. The third-order valence-electron chi connectivity index (χ3n) is 2.34. The molecule has 0 bridgehead atoms. The number of anilines is 1. The van der Waals surface area contributed by atoms with Gasteiger partial charge in [-0.05, 0) is 0 Å². The number of nitrogens with zero attached hydrogens (tertiary/aromatic N) is 2. The smallest absolute Gasteiger partial charge is 0.221 e. The summed E-state index contributed by atoms with van der Waals surface area (Å²) in [6.45, 7) is 3.49. The van der Waals surface area contributed by atoms with Gasteiger partial charge >= 0.3 is 0 Å². The molecule has 1 heterocycles. The first kappa shape index (κ1) is 15.7. The average Bonchev–Trinajstić information content (AvgIpc) is 2.38. The van der Waals surface area contributed by atoms with Crippen molar-refractivity contribution in [3.05, 3.63) is 17.0 Å². The van der Waals surface area contributed by atoms with Crippen molar-refractivity contribution in [3.63, 3.8) is 0 Å². The van der Waals surface area contributed by atoms with Gasteiger partial charge in [0.15, 0.2) is 0 Å². The second kappa shape index (κ2) is 8.66. The Balaban J connectivity index is 2.32. The topological polar surface area (TPSA) is 76.1 Å². The van der Waals surface area contributed by atoms with E-state index in [1.807, 2.05) is 6.92 Å². The Labute approximate surface area is 117 Å².